The second-order valence-corrected chi connectivity index (χ2v) is 6.25. The van der Waals surface area contributed by atoms with Gasteiger partial charge in [-0.15, -0.1) is 0 Å². The Balaban J connectivity index is 2.39. The third kappa shape index (κ3) is 2.55. The van der Waals surface area contributed by atoms with E-state index in [0.29, 0.717) is 10.2 Å². The number of pyridine rings is 1. The Morgan fingerprint density at radius 2 is 2.12 bits per heavy atom. The first-order valence-corrected chi connectivity index (χ1v) is 7.25. The lowest BCUT2D eigenvalue weighted by Gasteiger charge is -2.05. The molecule has 0 spiro atoms. The molecule has 0 saturated heterocycles. The Hall–Kier alpha value is -1.21. The number of aryl methyl sites for hydroxylation is 1. The molecule has 0 amide bonds. The molecule has 0 aliphatic carbocycles. The van der Waals surface area contributed by atoms with Crippen LogP contribution in [-0.2, 0) is 22.6 Å². The van der Waals surface area contributed by atoms with Crippen LogP contribution < -0.4 is 0 Å². The molecule has 0 bridgehead atoms. The van der Waals surface area contributed by atoms with E-state index in [1.807, 2.05) is 0 Å². The summed E-state index contributed by atoms with van der Waals surface area (Å²) in [4.78, 5) is 3.90. The molecule has 2 rings (SSSR count). The predicted octanol–water partition coefficient (Wildman–Crippen LogP) is 1.55. The number of hydrogen-bond donors (Lipinski definition) is 0. The van der Waals surface area contributed by atoms with Gasteiger partial charge in [0, 0.05) is 19.4 Å². The number of nitrogens with zero attached hydrogens (tertiary/aromatic N) is 3. The molecule has 0 N–H and O–H groups in total. The molecule has 2 aromatic rings. The van der Waals surface area contributed by atoms with Crippen LogP contribution in [0.4, 0.5) is 0 Å². The standard InChI is InChI=1S/C10H10BrN3O2S/c1-14-8(4-6-13-14)7-17(15,16)10-9(11)3-2-5-12-10/h2-6H,7H2,1H3. The average Bonchev–Trinajstić information content (AvgIpc) is 2.64. The monoisotopic (exact) mass is 315 g/mol. The predicted molar refractivity (Wildman–Crippen MR) is 66.0 cm³/mol. The van der Waals surface area contributed by atoms with Gasteiger partial charge in [0.2, 0.25) is 9.84 Å². The van der Waals surface area contributed by atoms with Gasteiger partial charge in [0.15, 0.2) is 5.03 Å². The molecule has 2 heterocycles. The molecular formula is C10H10BrN3O2S. The molecule has 90 valence electrons. The summed E-state index contributed by atoms with van der Waals surface area (Å²) in [6, 6.07) is 5.00. The van der Waals surface area contributed by atoms with Crippen molar-refractivity contribution in [2.45, 2.75) is 10.8 Å². The highest BCUT2D eigenvalue weighted by atomic mass is 79.9. The smallest absolute Gasteiger partial charge is 0.202 e. The van der Waals surface area contributed by atoms with Crippen molar-refractivity contribution in [1.29, 1.82) is 0 Å². The number of sulfone groups is 1. The summed E-state index contributed by atoms with van der Waals surface area (Å²) >= 11 is 3.19. The third-order valence-corrected chi connectivity index (χ3v) is 4.77. The summed E-state index contributed by atoms with van der Waals surface area (Å²) in [5.74, 6) is -0.112. The van der Waals surface area contributed by atoms with Crippen LogP contribution in [0.1, 0.15) is 5.69 Å². The third-order valence-electron chi connectivity index (χ3n) is 2.28. The van der Waals surface area contributed by atoms with Crippen LogP contribution in [0.15, 0.2) is 40.1 Å². The van der Waals surface area contributed by atoms with E-state index in [0.717, 1.165) is 0 Å². The summed E-state index contributed by atoms with van der Waals surface area (Å²) in [5.41, 5.74) is 0.627. The fourth-order valence-corrected chi connectivity index (χ4v) is 3.80. The topological polar surface area (TPSA) is 64.8 Å². The molecule has 5 nitrogen and oxygen atoms in total. The van der Waals surface area contributed by atoms with Crippen molar-refractivity contribution in [3.63, 3.8) is 0 Å². The molecule has 0 aromatic carbocycles. The van der Waals surface area contributed by atoms with Gasteiger partial charge >= 0.3 is 0 Å². The van der Waals surface area contributed by atoms with Crippen LogP contribution in [0, 0.1) is 0 Å². The van der Waals surface area contributed by atoms with Crippen LogP contribution >= 0.6 is 15.9 Å². The summed E-state index contributed by atoms with van der Waals surface area (Å²) in [7, 11) is -1.75. The van der Waals surface area contributed by atoms with E-state index >= 15 is 0 Å². The van der Waals surface area contributed by atoms with Crippen molar-refractivity contribution in [1.82, 2.24) is 14.8 Å². The lowest BCUT2D eigenvalue weighted by Crippen LogP contribution is -2.10. The first kappa shape index (κ1) is 12.3. The Labute approximate surface area is 108 Å². The zero-order valence-electron chi connectivity index (χ0n) is 9.04. The van der Waals surface area contributed by atoms with Crippen molar-refractivity contribution in [3.8, 4) is 0 Å². The van der Waals surface area contributed by atoms with Gasteiger partial charge in [-0.3, -0.25) is 4.68 Å². The van der Waals surface area contributed by atoms with Gasteiger partial charge < -0.3 is 0 Å². The van der Waals surface area contributed by atoms with Gasteiger partial charge in [0.05, 0.1) is 15.9 Å². The normalized spacial score (nSPS) is 11.6. The van der Waals surface area contributed by atoms with E-state index in [1.54, 1.807) is 31.4 Å². The minimum absolute atomic E-state index is 0.0567. The van der Waals surface area contributed by atoms with Gasteiger partial charge in [0.25, 0.3) is 0 Å². The molecule has 7 heteroatoms. The second kappa shape index (κ2) is 4.58. The zero-order valence-corrected chi connectivity index (χ0v) is 11.4. The molecular weight excluding hydrogens is 306 g/mol. The van der Waals surface area contributed by atoms with Gasteiger partial charge in [-0.05, 0) is 34.1 Å². The largest absolute Gasteiger partial charge is 0.272 e. The van der Waals surface area contributed by atoms with Gasteiger partial charge in [-0.2, -0.15) is 5.10 Å². The van der Waals surface area contributed by atoms with E-state index in [9.17, 15) is 8.42 Å². The van der Waals surface area contributed by atoms with Crippen molar-refractivity contribution in [3.05, 3.63) is 40.8 Å². The molecule has 0 aliphatic rings. The maximum Gasteiger partial charge on any atom is 0.202 e. The number of aromatic nitrogens is 3. The average molecular weight is 316 g/mol. The minimum Gasteiger partial charge on any atom is -0.272 e. The Bertz CT molecular complexity index is 637. The highest BCUT2D eigenvalue weighted by Crippen LogP contribution is 2.22. The molecule has 0 aliphatic heterocycles. The first-order chi connectivity index (χ1) is 8.00. The lowest BCUT2D eigenvalue weighted by molar-refractivity contribution is 0.587. The molecule has 0 fully saturated rings. The van der Waals surface area contributed by atoms with Gasteiger partial charge in [0.1, 0.15) is 0 Å². The zero-order chi connectivity index (χ0) is 12.5. The van der Waals surface area contributed by atoms with Crippen molar-refractivity contribution >= 4 is 25.8 Å². The van der Waals surface area contributed by atoms with E-state index in [-0.39, 0.29) is 10.8 Å². The van der Waals surface area contributed by atoms with E-state index in [1.165, 1.54) is 10.9 Å². The Kier molecular flexibility index (Phi) is 3.30. The maximum absolute atomic E-state index is 12.1. The molecule has 0 atom stereocenters. The Morgan fingerprint density at radius 3 is 2.71 bits per heavy atom. The fourth-order valence-electron chi connectivity index (χ4n) is 1.41. The van der Waals surface area contributed by atoms with Crippen LogP contribution in [-0.4, -0.2) is 23.2 Å². The number of hydrogen-bond acceptors (Lipinski definition) is 4. The summed E-state index contributed by atoms with van der Waals surface area (Å²) in [6.45, 7) is 0. The minimum atomic E-state index is -3.46. The highest BCUT2D eigenvalue weighted by Gasteiger charge is 2.21. The number of halogens is 1. The summed E-state index contributed by atoms with van der Waals surface area (Å²) in [5, 5.41) is 3.99. The van der Waals surface area contributed by atoms with Crippen LogP contribution in [0.3, 0.4) is 0 Å². The van der Waals surface area contributed by atoms with Gasteiger partial charge in [-0.25, -0.2) is 13.4 Å². The molecule has 0 radical (unpaired) electrons. The van der Waals surface area contributed by atoms with E-state index < -0.39 is 9.84 Å². The molecule has 17 heavy (non-hydrogen) atoms. The van der Waals surface area contributed by atoms with Crippen molar-refractivity contribution < 1.29 is 8.42 Å². The molecule has 2 aromatic heterocycles. The van der Waals surface area contributed by atoms with Gasteiger partial charge in [-0.1, -0.05) is 0 Å². The van der Waals surface area contributed by atoms with Crippen LogP contribution in [0.5, 0.6) is 0 Å². The van der Waals surface area contributed by atoms with Crippen molar-refractivity contribution in [2.75, 3.05) is 0 Å². The quantitative estimate of drug-likeness (QED) is 0.862. The Morgan fingerprint density at radius 1 is 1.35 bits per heavy atom. The lowest BCUT2D eigenvalue weighted by atomic mass is 10.5. The van der Waals surface area contributed by atoms with E-state index in [4.69, 9.17) is 0 Å². The fraction of sp³-hybridized carbons (Fsp3) is 0.200. The maximum atomic E-state index is 12.1. The van der Waals surface area contributed by atoms with Crippen LogP contribution in [0.25, 0.3) is 0 Å². The van der Waals surface area contributed by atoms with E-state index in [2.05, 4.69) is 26.0 Å². The summed E-state index contributed by atoms with van der Waals surface area (Å²) < 4.78 is 26.3. The second-order valence-electron chi connectivity index (χ2n) is 3.50. The SMILES string of the molecule is Cn1nccc1CS(=O)(=O)c1ncccc1Br. The number of rotatable bonds is 3. The highest BCUT2D eigenvalue weighted by molar-refractivity contribution is 9.10. The summed E-state index contributed by atoms with van der Waals surface area (Å²) in [6.07, 6.45) is 3.03. The molecule has 0 saturated carbocycles. The molecule has 0 unspecified atom stereocenters. The first-order valence-electron chi connectivity index (χ1n) is 4.81. The van der Waals surface area contributed by atoms with Crippen LogP contribution in [0.2, 0.25) is 0 Å². The van der Waals surface area contributed by atoms with Crippen molar-refractivity contribution in [2.24, 2.45) is 7.05 Å².